The van der Waals surface area contributed by atoms with Crippen molar-refractivity contribution in [2.45, 2.75) is 12.8 Å². The summed E-state index contributed by atoms with van der Waals surface area (Å²) in [6.07, 6.45) is 6.63. The lowest BCUT2D eigenvalue weighted by Gasteiger charge is -2.30. The van der Waals surface area contributed by atoms with Crippen molar-refractivity contribution in [2.75, 3.05) is 4.90 Å². The summed E-state index contributed by atoms with van der Waals surface area (Å²) in [7, 11) is 0. The van der Waals surface area contributed by atoms with Gasteiger partial charge >= 0.3 is 0 Å². The van der Waals surface area contributed by atoms with Crippen molar-refractivity contribution in [3.05, 3.63) is 181 Å². The molecule has 0 amide bonds. The first-order valence-electron chi connectivity index (χ1n) is 17.0. The third-order valence-corrected chi connectivity index (χ3v) is 11.2. The minimum atomic E-state index is 0.953. The van der Waals surface area contributed by atoms with Crippen LogP contribution >= 0.6 is 11.3 Å². The van der Waals surface area contributed by atoms with Crippen LogP contribution in [-0.2, 0) is 0 Å². The van der Waals surface area contributed by atoms with Gasteiger partial charge in [0, 0.05) is 53.7 Å². The SMILES string of the molecule is C1=C(c2ccc3ccc4sc5ccccc5c4c3c2)CCC(N(c2ccccc2)c2ccc3c(c2)c2ccccc2n3-c2ccccc2)=C1. The minimum Gasteiger partial charge on any atom is -0.314 e. The molecule has 1 aliphatic rings. The van der Waals surface area contributed by atoms with E-state index in [-0.39, 0.29) is 0 Å². The lowest BCUT2D eigenvalue weighted by Crippen LogP contribution is -2.17. The van der Waals surface area contributed by atoms with Crippen LogP contribution in [0.1, 0.15) is 18.4 Å². The Balaban J connectivity index is 1.09. The van der Waals surface area contributed by atoms with Gasteiger partial charge < -0.3 is 9.47 Å². The monoisotopic (exact) mass is 644 g/mol. The molecule has 49 heavy (non-hydrogen) atoms. The molecule has 0 unspecified atom stereocenters. The minimum absolute atomic E-state index is 0.953. The van der Waals surface area contributed by atoms with E-state index in [9.17, 15) is 0 Å². The Bertz CT molecular complexity index is 2760. The zero-order chi connectivity index (χ0) is 32.3. The molecule has 7 aromatic carbocycles. The number of fused-ring (bicyclic) bond motifs is 8. The quantitative estimate of drug-likeness (QED) is 0.181. The normalized spacial score (nSPS) is 13.4. The van der Waals surface area contributed by atoms with E-state index in [1.54, 1.807) is 0 Å². The Labute approximate surface area is 289 Å². The molecule has 0 saturated heterocycles. The van der Waals surface area contributed by atoms with Crippen molar-refractivity contribution in [1.29, 1.82) is 0 Å². The maximum absolute atomic E-state index is 2.45. The van der Waals surface area contributed by atoms with Crippen LogP contribution in [0.25, 0.3) is 64.0 Å². The topological polar surface area (TPSA) is 8.17 Å². The Morgan fingerprint density at radius 3 is 2.06 bits per heavy atom. The highest BCUT2D eigenvalue weighted by atomic mass is 32.1. The number of hydrogen-bond donors (Lipinski definition) is 0. The van der Waals surface area contributed by atoms with Crippen molar-refractivity contribution in [3.63, 3.8) is 0 Å². The van der Waals surface area contributed by atoms with Gasteiger partial charge in [0.1, 0.15) is 0 Å². The second-order valence-electron chi connectivity index (χ2n) is 12.9. The highest BCUT2D eigenvalue weighted by molar-refractivity contribution is 7.26. The summed E-state index contributed by atoms with van der Waals surface area (Å²) in [5.74, 6) is 0. The molecular formula is C46H32N2S. The van der Waals surface area contributed by atoms with E-state index >= 15 is 0 Å². The molecule has 0 atom stereocenters. The lowest BCUT2D eigenvalue weighted by atomic mass is 9.92. The van der Waals surface area contributed by atoms with Gasteiger partial charge in [0.05, 0.1) is 11.0 Å². The lowest BCUT2D eigenvalue weighted by molar-refractivity contribution is 0.930. The highest BCUT2D eigenvalue weighted by Gasteiger charge is 2.21. The van der Waals surface area contributed by atoms with E-state index in [1.165, 1.54) is 86.6 Å². The van der Waals surface area contributed by atoms with Gasteiger partial charge in [0.25, 0.3) is 0 Å². The number of allylic oxidation sites excluding steroid dienone is 4. The standard InChI is InChI=1S/C46H32N2S/c1-3-11-34(12-4-1)47(37-26-27-43-41(30-37)38-15-7-9-17-42(38)48(43)35-13-5-2-6-14-35)36-24-21-31(22-25-36)33-20-19-32-23-28-45-46(40(32)29-33)39-16-8-10-18-44(39)49-45/h1-21,23-24,26-30H,22,25H2. The summed E-state index contributed by atoms with van der Waals surface area (Å²) in [6, 6.07) is 57.6. The Morgan fingerprint density at radius 1 is 0.490 bits per heavy atom. The predicted molar refractivity (Wildman–Crippen MR) is 211 cm³/mol. The van der Waals surface area contributed by atoms with Gasteiger partial charge in [-0.3, -0.25) is 0 Å². The highest BCUT2D eigenvalue weighted by Crippen LogP contribution is 2.42. The van der Waals surface area contributed by atoms with E-state index < -0.39 is 0 Å². The maximum atomic E-state index is 2.45. The van der Waals surface area contributed by atoms with E-state index in [0.29, 0.717) is 0 Å². The molecule has 1 aliphatic carbocycles. The van der Waals surface area contributed by atoms with Crippen molar-refractivity contribution < 1.29 is 0 Å². The number of rotatable bonds is 5. The molecule has 0 aliphatic heterocycles. The van der Waals surface area contributed by atoms with Crippen LogP contribution in [0.3, 0.4) is 0 Å². The maximum Gasteiger partial charge on any atom is 0.0542 e. The summed E-state index contributed by atoms with van der Waals surface area (Å²) >= 11 is 1.89. The van der Waals surface area contributed by atoms with Gasteiger partial charge in [-0.2, -0.15) is 0 Å². The van der Waals surface area contributed by atoms with E-state index in [0.717, 1.165) is 12.8 Å². The summed E-state index contributed by atoms with van der Waals surface area (Å²) in [4.78, 5) is 2.45. The van der Waals surface area contributed by atoms with Gasteiger partial charge in [-0.05, 0) is 108 Å². The second-order valence-corrected chi connectivity index (χ2v) is 14.0. The summed E-state index contributed by atoms with van der Waals surface area (Å²) < 4.78 is 5.09. The van der Waals surface area contributed by atoms with Gasteiger partial charge in [-0.25, -0.2) is 0 Å². The largest absolute Gasteiger partial charge is 0.314 e. The fourth-order valence-corrected chi connectivity index (χ4v) is 8.93. The molecule has 232 valence electrons. The molecule has 0 fully saturated rings. The summed E-state index contributed by atoms with van der Waals surface area (Å²) in [5.41, 5.74) is 9.96. The summed E-state index contributed by atoms with van der Waals surface area (Å²) in [6.45, 7) is 0. The number of thiophene rings is 1. The molecule has 2 nitrogen and oxygen atoms in total. The van der Waals surface area contributed by atoms with Crippen molar-refractivity contribution in [1.82, 2.24) is 4.57 Å². The second kappa shape index (κ2) is 11.4. The molecule has 0 saturated carbocycles. The van der Waals surface area contributed by atoms with Crippen LogP contribution in [0, 0.1) is 0 Å². The van der Waals surface area contributed by atoms with Crippen molar-refractivity contribution >= 4 is 81.0 Å². The molecule has 0 radical (unpaired) electrons. The number of anilines is 2. The van der Waals surface area contributed by atoms with Gasteiger partial charge in [-0.15, -0.1) is 11.3 Å². The average molecular weight is 645 g/mol. The first-order chi connectivity index (χ1) is 24.3. The molecule has 2 heterocycles. The summed E-state index contributed by atoms with van der Waals surface area (Å²) in [5, 5.41) is 7.90. The third kappa shape index (κ3) is 4.62. The molecule has 0 bridgehead atoms. The first kappa shape index (κ1) is 28.1. The number of hydrogen-bond acceptors (Lipinski definition) is 2. The predicted octanol–water partition coefficient (Wildman–Crippen LogP) is 13.2. The van der Waals surface area contributed by atoms with Crippen LogP contribution in [0.5, 0.6) is 0 Å². The Morgan fingerprint density at radius 2 is 1.22 bits per heavy atom. The van der Waals surface area contributed by atoms with Crippen LogP contribution < -0.4 is 4.90 Å². The molecule has 0 N–H and O–H groups in total. The number of para-hydroxylation sites is 3. The van der Waals surface area contributed by atoms with Crippen LogP contribution in [-0.4, -0.2) is 4.57 Å². The fourth-order valence-electron chi connectivity index (χ4n) is 7.81. The molecule has 2 aromatic heterocycles. The zero-order valence-electron chi connectivity index (χ0n) is 26.9. The van der Waals surface area contributed by atoms with E-state index in [1.807, 2.05) is 11.3 Å². The molecule has 3 heteroatoms. The smallest absolute Gasteiger partial charge is 0.0542 e. The Kier molecular flexibility index (Phi) is 6.53. The average Bonchev–Trinajstić information content (AvgIpc) is 3.72. The van der Waals surface area contributed by atoms with Crippen molar-refractivity contribution in [3.8, 4) is 5.69 Å². The Hall–Kier alpha value is -5.90. The molecule has 9 aromatic rings. The fraction of sp³-hybridized carbons (Fsp3) is 0.0435. The third-order valence-electron chi connectivity index (χ3n) is 10.1. The first-order valence-corrected chi connectivity index (χ1v) is 17.8. The van der Waals surface area contributed by atoms with E-state index in [2.05, 4.69) is 179 Å². The van der Waals surface area contributed by atoms with E-state index in [4.69, 9.17) is 0 Å². The number of benzene rings is 7. The van der Waals surface area contributed by atoms with Crippen LogP contribution in [0.4, 0.5) is 11.4 Å². The van der Waals surface area contributed by atoms with Gasteiger partial charge in [-0.1, -0.05) is 97.1 Å². The number of aromatic nitrogens is 1. The zero-order valence-corrected chi connectivity index (χ0v) is 27.7. The molecule has 10 rings (SSSR count). The van der Waals surface area contributed by atoms with Gasteiger partial charge in [0.15, 0.2) is 0 Å². The van der Waals surface area contributed by atoms with Crippen molar-refractivity contribution in [2.24, 2.45) is 0 Å². The van der Waals surface area contributed by atoms with Gasteiger partial charge in [0.2, 0.25) is 0 Å². The molecular weight excluding hydrogens is 613 g/mol. The molecule has 0 spiro atoms. The van der Waals surface area contributed by atoms with Crippen LogP contribution in [0.2, 0.25) is 0 Å². The number of nitrogens with zero attached hydrogens (tertiary/aromatic N) is 2. The van der Waals surface area contributed by atoms with Crippen LogP contribution in [0.15, 0.2) is 176 Å².